The monoisotopic (exact) mass is 592 g/mol. The number of hydrogen-bond donors (Lipinski definition) is 0. The van der Waals surface area contributed by atoms with Gasteiger partial charge in [-0.3, -0.25) is 9.89 Å². The first-order valence-corrected chi connectivity index (χ1v) is 13.2. The fraction of sp³-hybridized carbons (Fsp3) is 0.320. The summed E-state index contributed by atoms with van der Waals surface area (Å²) < 4.78 is 47.0. The Morgan fingerprint density at radius 1 is 1.30 bits per heavy atom. The molecule has 40 heavy (non-hydrogen) atoms. The molecule has 3 aromatic rings. The fourth-order valence-electron chi connectivity index (χ4n) is 5.33. The van der Waals surface area contributed by atoms with Crippen molar-refractivity contribution in [3.8, 4) is 0 Å². The van der Waals surface area contributed by atoms with Crippen LogP contribution in [0.4, 0.5) is 18.0 Å². The summed E-state index contributed by atoms with van der Waals surface area (Å²) in [7, 11) is 0. The van der Waals surface area contributed by atoms with Gasteiger partial charge in [-0.15, -0.1) is 11.3 Å². The molecule has 0 saturated carbocycles. The zero-order valence-electron chi connectivity index (χ0n) is 20.8. The lowest BCUT2D eigenvalue weighted by Gasteiger charge is -2.33. The van der Waals surface area contributed by atoms with Crippen molar-refractivity contribution >= 4 is 46.6 Å². The number of alkyl halides is 2. The third kappa shape index (κ3) is 4.67. The maximum absolute atomic E-state index is 14.0. The van der Waals surface area contributed by atoms with Crippen LogP contribution < -0.4 is 0 Å². The van der Waals surface area contributed by atoms with E-state index in [1.165, 1.54) is 41.8 Å². The lowest BCUT2D eigenvalue weighted by Crippen LogP contribution is -2.49. The smallest absolute Gasteiger partial charge is 0.410 e. The van der Waals surface area contributed by atoms with Crippen LogP contribution in [-0.4, -0.2) is 67.9 Å². The quantitative estimate of drug-likeness (QED) is 0.420. The molecule has 1 amide bonds. The SMILES string of the molecule is CCN1C(=O)OC[C@]12CC1=C(c3ccn(C(F)F)n3)[C@H](c3ccc(F)cc3Cl)N=C(c3nccs3)N1C2.O=C=O. The molecular weight excluding hydrogens is 573 g/mol. The third-order valence-corrected chi connectivity index (χ3v) is 8.00. The average molecular weight is 593 g/mol. The number of carbonyl (C=O) groups is 1. The molecule has 10 nitrogen and oxygen atoms in total. The minimum atomic E-state index is -2.83. The first kappa shape index (κ1) is 27.6. The number of halogens is 4. The van der Waals surface area contributed by atoms with E-state index in [1.807, 2.05) is 17.2 Å². The molecular formula is C25H20ClF3N6O4S. The van der Waals surface area contributed by atoms with Gasteiger partial charge in [-0.25, -0.2) is 18.9 Å². The molecule has 15 heteroatoms. The number of amides is 1. The Bertz CT molecular complexity index is 1540. The van der Waals surface area contributed by atoms with Crippen LogP contribution in [0.15, 0.2) is 52.7 Å². The standard InChI is InChI=1S/C24H20ClF3N6O2S.CO2/c1-2-33-23(35)36-12-24(33)10-17-18(16-5-7-34(31-16)22(27)28)19(14-4-3-13(26)9-15(14)25)30-20(32(17)11-24)21-29-6-8-37-21;2-1-3/h3-9,19,22H,2,10-12H2,1H3;/t19-,24+;/m0./s1. The van der Waals surface area contributed by atoms with Crippen LogP contribution in [0.1, 0.15) is 42.2 Å². The normalized spacial score (nSPS) is 21.8. The zero-order valence-corrected chi connectivity index (χ0v) is 22.3. The minimum absolute atomic E-state index is 0.148. The lowest BCUT2D eigenvalue weighted by molar-refractivity contribution is -0.191. The summed E-state index contributed by atoms with van der Waals surface area (Å²) in [6.07, 6.45) is 3.09. The van der Waals surface area contributed by atoms with Crippen LogP contribution in [-0.2, 0) is 14.3 Å². The molecule has 1 spiro atoms. The molecule has 208 valence electrons. The molecule has 2 aromatic heterocycles. The number of carbonyl (C=O) groups excluding carboxylic acids is 3. The van der Waals surface area contributed by atoms with Gasteiger partial charge in [-0.05, 0) is 25.1 Å². The predicted molar refractivity (Wildman–Crippen MR) is 136 cm³/mol. The number of amidine groups is 1. The van der Waals surface area contributed by atoms with Crippen molar-refractivity contribution in [1.29, 1.82) is 0 Å². The summed E-state index contributed by atoms with van der Waals surface area (Å²) in [6.45, 7) is 0.0380. The van der Waals surface area contributed by atoms with E-state index < -0.39 is 30.0 Å². The van der Waals surface area contributed by atoms with Gasteiger partial charge in [0.25, 0.3) is 0 Å². The molecule has 0 radical (unpaired) electrons. The van der Waals surface area contributed by atoms with E-state index in [0.29, 0.717) is 46.2 Å². The predicted octanol–water partition coefficient (Wildman–Crippen LogP) is 4.77. The van der Waals surface area contributed by atoms with Gasteiger partial charge >= 0.3 is 18.8 Å². The van der Waals surface area contributed by atoms with Crippen LogP contribution in [0.5, 0.6) is 0 Å². The number of cyclic esters (lactones) is 1. The van der Waals surface area contributed by atoms with Crippen molar-refractivity contribution in [2.75, 3.05) is 19.7 Å². The highest BCUT2D eigenvalue weighted by Crippen LogP contribution is 2.50. The molecule has 6 rings (SSSR count). The van der Waals surface area contributed by atoms with Crippen molar-refractivity contribution in [1.82, 2.24) is 24.6 Å². The van der Waals surface area contributed by atoms with E-state index in [1.54, 1.807) is 11.1 Å². The summed E-state index contributed by atoms with van der Waals surface area (Å²) in [4.78, 5) is 41.9. The Morgan fingerprint density at radius 3 is 2.70 bits per heavy atom. The Morgan fingerprint density at radius 2 is 2.08 bits per heavy atom. The van der Waals surface area contributed by atoms with Gasteiger partial charge in [0.1, 0.15) is 24.0 Å². The number of thiazole rings is 1. The van der Waals surface area contributed by atoms with Crippen LogP contribution >= 0.6 is 22.9 Å². The molecule has 1 aromatic carbocycles. The highest BCUT2D eigenvalue weighted by Gasteiger charge is 2.55. The number of hydrogen-bond acceptors (Lipinski definition) is 9. The molecule has 0 bridgehead atoms. The van der Waals surface area contributed by atoms with Gasteiger partial charge in [0.2, 0.25) is 0 Å². The number of ether oxygens (including phenoxy) is 1. The highest BCUT2D eigenvalue weighted by atomic mass is 35.5. The lowest BCUT2D eigenvalue weighted by atomic mass is 9.90. The third-order valence-electron chi connectivity index (χ3n) is 6.90. The maximum Gasteiger partial charge on any atom is 0.410 e. The Hall–Kier alpha value is -4.00. The molecule has 2 atom stereocenters. The van der Waals surface area contributed by atoms with Gasteiger partial charge in [0.15, 0.2) is 10.8 Å². The van der Waals surface area contributed by atoms with Crippen molar-refractivity contribution in [2.24, 2.45) is 4.99 Å². The van der Waals surface area contributed by atoms with Crippen LogP contribution in [0, 0.1) is 5.82 Å². The number of nitrogens with zero attached hydrogens (tertiary/aromatic N) is 6. The van der Waals surface area contributed by atoms with Gasteiger partial charge < -0.3 is 9.64 Å². The minimum Gasteiger partial charge on any atom is -0.447 e. The van der Waals surface area contributed by atoms with Gasteiger partial charge in [-0.1, -0.05) is 17.7 Å². The van der Waals surface area contributed by atoms with Crippen molar-refractivity contribution in [2.45, 2.75) is 31.5 Å². The van der Waals surface area contributed by atoms with Gasteiger partial charge in [-0.2, -0.15) is 23.5 Å². The number of benzene rings is 1. The van der Waals surface area contributed by atoms with Crippen molar-refractivity contribution in [3.05, 3.63) is 74.8 Å². The number of aromatic nitrogens is 3. The molecule has 2 fully saturated rings. The van der Waals surface area contributed by atoms with Crippen molar-refractivity contribution in [3.63, 3.8) is 0 Å². The van der Waals surface area contributed by atoms with Gasteiger partial charge in [0.05, 0.1) is 12.2 Å². The van der Waals surface area contributed by atoms with Crippen LogP contribution in [0.25, 0.3) is 5.57 Å². The number of fused-ring (bicyclic) bond motifs is 1. The molecule has 0 aliphatic carbocycles. The van der Waals surface area contributed by atoms with Crippen LogP contribution in [0.3, 0.4) is 0 Å². The van der Waals surface area contributed by atoms with Crippen molar-refractivity contribution < 1.29 is 32.3 Å². The van der Waals surface area contributed by atoms with E-state index in [-0.39, 0.29) is 23.5 Å². The second kappa shape index (κ2) is 10.9. The summed E-state index contributed by atoms with van der Waals surface area (Å²) >= 11 is 7.89. The topological polar surface area (TPSA) is 110 Å². The molecule has 0 N–H and O–H groups in total. The van der Waals surface area contributed by atoms with E-state index >= 15 is 0 Å². The average Bonchev–Trinajstić information content (AvgIpc) is 3.71. The zero-order chi connectivity index (χ0) is 28.6. The molecule has 0 unspecified atom stereocenters. The van der Waals surface area contributed by atoms with E-state index in [4.69, 9.17) is 30.9 Å². The summed E-state index contributed by atoms with van der Waals surface area (Å²) in [5.74, 6) is 0.0474. The highest BCUT2D eigenvalue weighted by molar-refractivity contribution is 7.11. The second-order valence-electron chi connectivity index (χ2n) is 9.05. The molecule has 2 saturated heterocycles. The van der Waals surface area contributed by atoms with Gasteiger partial charge in [0, 0.05) is 52.6 Å². The number of likely N-dealkylation sites (N-methyl/N-ethyl adjacent to an activating group) is 1. The number of aliphatic imine (C=N–C) groups is 1. The second-order valence-corrected chi connectivity index (χ2v) is 10.3. The fourth-order valence-corrected chi connectivity index (χ4v) is 6.24. The first-order valence-electron chi connectivity index (χ1n) is 11.9. The maximum atomic E-state index is 14.0. The van der Waals surface area contributed by atoms with E-state index in [2.05, 4.69) is 10.1 Å². The Kier molecular flexibility index (Phi) is 7.49. The summed E-state index contributed by atoms with van der Waals surface area (Å²) in [6, 6.07) is 4.74. The summed E-state index contributed by atoms with van der Waals surface area (Å²) in [5, 5.41) is 6.76. The largest absolute Gasteiger partial charge is 0.447 e. The van der Waals surface area contributed by atoms with E-state index in [9.17, 15) is 18.0 Å². The van der Waals surface area contributed by atoms with Crippen LogP contribution in [0.2, 0.25) is 5.02 Å². The first-order chi connectivity index (χ1) is 19.2. The molecule has 3 aliphatic heterocycles. The van der Waals surface area contributed by atoms with E-state index in [0.717, 1.165) is 5.70 Å². The molecule has 3 aliphatic rings. The Labute approximate surface area is 234 Å². The molecule has 5 heterocycles. The summed E-state index contributed by atoms with van der Waals surface area (Å²) in [5.41, 5.74) is 1.41. The Balaban J connectivity index is 0.00000103. The number of rotatable bonds is 5.